The van der Waals surface area contributed by atoms with E-state index in [1.807, 2.05) is 19.0 Å². The van der Waals surface area contributed by atoms with Gasteiger partial charge in [0.2, 0.25) is 5.88 Å². The summed E-state index contributed by atoms with van der Waals surface area (Å²) in [5.74, 6) is 0.721. The number of anilines is 1. The van der Waals surface area contributed by atoms with Crippen LogP contribution in [0.3, 0.4) is 0 Å². The lowest BCUT2D eigenvalue weighted by Gasteiger charge is -2.23. The summed E-state index contributed by atoms with van der Waals surface area (Å²) >= 11 is 1.66. The van der Waals surface area contributed by atoms with Crippen LogP contribution in [0, 0.1) is 0 Å². The predicted molar refractivity (Wildman–Crippen MR) is 78.3 cm³/mol. The Kier molecular flexibility index (Phi) is 4.65. The fourth-order valence-electron chi connectivity index (χ4n) is 2.21. The number of thiazole rings is 1. The molecule has 0 amide bonds. The quantitative estimate of drug-likeness (QED) is 0.864. The Morgan fingerprint density at radius 1 is 1.53 bits per heavy atom. The Bertz CT molecular complexity index is 414. The maximum atomic E-state index is 5.76. The summed E-state index contributed by atoms with van der Waals surface area (Å²) in [6, 6.07) is 0. The number of aromatic nitrogens is 1. The molecule has 1 atom stereocenters. The fraction of sp³-hybridized carbons (Fsp3) is 0.769. The Morgan fingerprint density at radius 2 is 2.32 bits per heavy atom. The monoisotopic (exact) mass is 285 g/mol. The first kappa shape index (κ1) is 14.6. The van der Waals surface area contributed by atoms with Crippen LogP contribution in [0.4, 0.5) is 5.13 Å². The van der Waals surface area contributed by atoms with Crippen molar-refractivity contribution >= 4 is 16.5 Å². The number of nitrogens with one attached hydrogen (secondary N) is 1. The van der Waals surface area contributed by atoms with Gasteiger partial charge in [-0.3, -0.25) is 0 Å². The van der Waals surface area contributed by atoms with E-state index in [1.165, 1.54) is 0 Å². The molecule has 1 saturated heterocycles. The first-order valence-electron chi connectivity index (χ1n) is 6.60. The van der Waals surface area contributed by atoms with Gasteiger partial charge in [-0.1, -0.05) is 11.3 Å². The van der Waals surface area contributed by atoms with Crippen LogP contribution in [0.5, 0.6) is 5.88 Å². The number of hydrogen-bond donors (Lipinski definition) is 1. The van der Waals surface area contributed by atoms with E-state index in [-0.39, 0.29) is 5.60 Å². The molecule has 1 unspecified atom stereocenters. The van der Waals surface area contributed by atoms with Gasteiger partial charge >= 0.3 is 0 Å². The third-order valence-electron chi connectivity index (χ3n) is 3.31. The molecule has 1 N–H and O–H groups in total. The van der Waals surface area contributed by atoms with Gasteiger partial charge in [-0.05, 0) is 19.8 Å². The maximum absolute atomic E-state index is 5.76. The molecule has 1 aliphatic heterocycles. The third kappa shape index (κ3) is 3.58. The first-order valence-corrected chi connectivity index (χ1v) is 7.41. The van der Waals surface area contributed by atoms with Gasteiger partial charge in [-0.2, -0.15) is 4.98 Å². The molecule has 2 rings (SSSR count). The molecular formula is C13H23N3O2S. The SMILES string of the molecule is COc1nc(N(C)C)sc1CNCC1(C)CCCO1. The molecule has 0 spiro atoms. The van der Waals surface area contributed by atoms with Gasteiger partial charge in [0.25, 0.3) is 0 Å². The summed E-state index contributed by atoms with van der Waals surface area (Å²) < 4.78 is 11.1. The summed E-state index contributed by atoms with van der Waals surface area (Å²) in [5, 5.41) is 4.43. The van der Waals surface area contributed by atoms with E-state index < -0.39 is 0 Å². The molecule has 1 aliphatic rings. The zero-order valence-electron chi connectivity index (χ0n) is 12.2. The second-order valence-corrected chi connectivity index (χ2v) is 6.39. The minimum absolute atomic E-state index is 0.0116. The highest BCUT2D eigenvalue weighted by Crippen LogP contribution is 2.30. The van der Waals surface area contributed by atoms with Gasteiger partial charge in [0.15, 0.2) is 5.13 Å². The van der Waals surface area contributed by atoms with Crippen molar-refractivity contribution in [3.63, 3.8) is 0 Å². The van der Waals surface area contributed by atoms with Crippen molar-refractivity contribution in [2.75, 3.05) is 39.3 Å². The molecule has 5 nitrogen and oxygen atoms in total. The highest BCUT2D eigenvalue weighted by molar-refractivity contribution is 7.15. The number of methoxy groups -OCH3 is 1. The van der Waals surface area contributed by atoms with Crippen LogP contribution in [-0.2, 0) is 11.3 Å². The van der Waals surface area contributed by atoms with E-state index in [9.17, 15) is 0 Å². The molecule has 0 radical (unpaired) electrons. The van der Waals surface area contributed by atoms with Crippen molar-refractivity contribution in [2.45, 2.75) is 31.9 Å². The van der Waals surface area contributed by atoms with Crippen LogP contribution in [0.1, 0.15) is 24.6 Å². The van der Waals surface area contributed by atoms with Crippen molar-refractivity contribution in [1.29, 1.82) is 0 Å². The number of ether oxygens (including phenoxy) is 2. The zero-order chi connectivity index (χ0) is 13.9. The van der Waals surface area contributed by atoms with Gasteiger partial charge in [0.05, 0.1) is 17.6 Å². The normalized spacial score (nSPS) is 22.7. The topological polar surface area (TPSA) is 46.6 Å². The summed E-state index contributed by atoms with van der Waals surface area (Å²) in [6.45, 7) is 4.69. The summed E-state index contributed by atoms with van der Waals surface area (Å²) in [4.78, 5) is 7.58. The van der Waals surface area contributed by atoms with Gasteiger partial charge < -0.3 is 19.7 Å². The first-order chi connectivity index (χ1) is 9.04. The van der Waals surface area contributed by atoms with E-state index >= 15 is 0 Å². The van der Waals surface area contributed by atoms with Gasteiger partial charge in [-0.15, -0.1) is 0 Å². The van der Waals surface area contributed by atoms with E-state index in [4.69, 9.17) is 9.47 Å². The van der Waals surface area contributed by atoms with Crippen LogP contribution in [0.2, 0.25) is 0 Å². The maximum Gasteiger partial charge on any atom is 0.230 e. The molecule has 0 saturated carbocycles. The number of rotatable bonds is 6. The van der Waals surface area contributed by atoms with Crippen molar-refractivity contribution in [2.24, 2.45) is 0 Å². The zero-order valence-corrected chi connectivity index (χ0v) is 13.0. The second-order valence-electron chi connectivity index (χ2n) is 5.33. The average Bonchev–Trinajstić information content (AvgIpc) is 2.96. The molecule has 1 fully saturated rings. The summed E-state index contributed by atoms with van der Waals surface area (Å²) in [5.41, 5.74) is -0.0116. The largest absolute Gasteiger partial charge is 0.480 e. The summed E-state index contributed by atoms with van der Waals surface area (Å²) in [6.07, 6.45) is 2.29. The molecular weight excluding hydrogens is 262 g/mol. The van der Waals surface area contributed by atoms with E-state index in [1.54, 1.807) is 18.4 Å². The van der Waals surface area contributed by atoms with Crippen molar-refractivity contribution < 1.29 is 9.47 Å². The van der Waals surface area contributed by atoms with E-state index in [0.29, 0.717) is 0 Å². The molecule has 0 aliphatic carbocycles. The summed E-state index contributed by atoms with van der Waals surface area (Å²) in [7, 11) is 5.64. The van der Waals surface area contributed by atoms with Crippen LogP contribution >= 0.6 is 11.3 Å². The van der Waals surface area contributed by atoms with Gasteiger partial charge in [0, 0.05) is 33.8 Å². The Hall–Kier alpha value is -0.850. The van der Waals surface area contributed by atoms with E-state index in [2.05, 4.69) is 17.2 Å². The smallest absolute Gasteiger partial charge is 0.230 e. The van der Waals surface area contributed by atoms with E-state index in [0.717, 1.165) is 48.4 Å². The Morgan fingerprint density at radius 3 is 2.89 bits per heavy atom. The van der Waals surface area contributed by atoms with Crippen molar-refractivity contribution in [1.82, 2.24) is 10.3 Å². The van der Waals surface area contributed by atoms with Crippen LogP contribution < -0.4 is 15.0 Å². The van der Waals surface area contributed by atoms with Crippen LogP contribution in [0.15, 0.2) is 0 Å². The molecule has 19 heavy (non-hydrogen) atoms. The molecule has 108 valence electrons. The third-order valence-corrected chi connectivity index (χ3v) is 4.52. The van der Waals surface area contributed by atoms with Crippen molar-refractivity contribution in [3.05, 3.63) is 4.88 Å². The minimum atomic E-state index is -0.0116. The predicted octanol–water partition coefficient (Wildman–Crippen LogP) is 1.88. The lowest BCUT2D eigenvalue weighted by Crippen LogP contribution is -2.36. The van der Waals surface area contributed by atoms with Gasteiger partial charge in [0.1, 0.15) is 0 Å². The Labute approximate surface area is 118 Å². The van der Waals surface area contributed by atoms with Crippen LogP contribution in [-0.4, -0.2) is 44.9 Å². The fourth-order valence-corrected chi connectivity index (χ4v) is 3.13. The molecule has 1 aromatic rings. The molecule has 1 aromatic heterocycles. The molecule has 0 aromatic carbocycles. The molecule has 6 heteroatoms. The minimum Gasteiger partial charge on any atom is -0.480 e. The van der Waals surface area contributed by atoms with Crippen molar-refractivity contribution in [3.8, 4) is 5.88 Å². The average molecular weight is 285 g/mol. The standard InChI is InChI=1S/C13H23N3O2S/c1-13(6-5-7-18-13)9-14-8-10-11(17-4)15-12(19-10)16(2)3/h14H,5-9H2,1-4H3. The second kappa shape index (κ2) is 6.07. The number of nitrogens with zero attached hydrogens (tertiary/aromatic N) is 2. The lowest BCUT2D eigenvalue weighted by molar-refractivity contribution is 0.0207. The Balaban J connectivity index is 1.91. The lowest BCUT2D eigenvalue weighted by atomic mass is 10.0. The number of hydrogen-bond acceptors (Lipinski definition) is 6. The molecule has 2 heterocycles. The molecule has 0 bridgehead atoms. The highest BCUT2D eigenvalue weighted by Gasteiger charge is 2.29. The van der Waals surface area contributed by atoms with Gasteiger partial charge in [-0.25, -0.2) is 0 Å². The van der Waals surface area contributed by atoms with Crippen LogP contribution in [0.25, 0.3) is 0 Å². The highest BCUT2D eigenvalue weighted by atomic mass is 32.1.